The number of hydrogen-bond acceptors (Lipinski definition) is 3. The lowest BCUT2D eigenvalue weighted by Crippen LogP contribution is -2.42. The third kappa shape index (κ3) is 9.82. The largest absolute Gasteiger partial charge is 0.357 e. The molecule has 1 unspecified atom stereocenters. The predicted octanol–water partition coefficient (Wildman–Crippen LogP) is 2.00. The number of hydrogen-bond donors (Lipinski definition) is 2. The summed E-state index contributed by atoms with van der Waals surface area (Å²) < 4.78 is 0. The summed E-state index contributed by atoms with van der Waals surface area (Å²) in [6.07, 6.45) is 3.72. The van der Waals surface area contributed by atoms with Gasteiger partial charge in [-0.05, 0) is 59.2 Å². The van der Waals surface area contributed by atoms with Gasteiger partial charge in [0.1, 0.15) is 0 Å². The van der Waals surface area contributed by atoms with Crippen LogP contribution in [-0.4, -0.2) is 74.7 Å². The zero-order chi connectivity index (χ0) is 17.1. The molecule has 0 aromatic carbocycles. The molecule has 1 fully saturated rings. The van der Waals surface area contributed by atoms with Crippen LogP contribution in [0.5, 0.6) is 0 Å². The molecule has 1 atom stereocenters. The molecule has 1 aliphatic heterocycles. The van der Waals surface area contributed by atoms with E-state index in [1.54, 1.807) is 0 Å². The van der Waals surface area contributed by atoms with Gasteiger partial charge in [-0.15, -0.1) is 0 Å². The molecule has 1 aliphatic rings. The minimum Gasteiger partial charge on any atom is -0.357 e. The highest BCUT2D eigenvalue weighted by Gasteiger charge is 2.11. The molecule has 0 aromatic heterocycles. The fourth-order valence-electron chi connectivity index (χ4n) is 2.84. The lowest BCUT2D eigenvalue weighted by molar-refractivity contribution is 0.283. The maximum absolute atomic E-state index is 4.76. The predicted molar refractivity (Wildman–Crippen MR) is 101 cm³/mol. The summed E-state index contributed by atoms with van der Waals surface area (Å²) in [5.41, 5.74) is 0. The first-order valence-corrected chi connectivity index (χ1v) is 9.47. The van der Waals surface area contributed by atoms with Gasteiger partial charge >= 0.3 is 0 Å². The molecule has 0 amide bonds. The summed E-state index contributed by atoms with van der Waals surface area (Å²) in [6, 6.07) is 0.474. The van der Waals surface area contributed by atoms with E-state index in [9.17, 15) is 0 Å². The number of rotatable bonds is 8. The average molecular weight is 326 g/mol. The highest BCUT2D eigenvalue weighted by atomic mass is 15.2. The summed E-state index contributed by atoms with van der Waals surface area (Å²) in [5, 5.41) is 6.91. The van der Waals surface area contributed by atoms with Crippen LogP contribution in [-0.2, 0) is 0 Å². The van der Waals surface area contributed by atoms with E-state index < -0.39 is 0 Å². The van der Waals surface area contributed by atoms with Crippen LogP contribution in [0.25, 0.3) is 0 Å². The molecule has 0 saturated carbocycles. The van der Waals surface area contributed by atoms with Crippen LogP contribution in [0.15, 0.2) is 4.99 Å². The Labute approximate surface area is 143 Å². The van der Waals surface area contributed by atoms with E-state index in [4.69, 9.17) is 4.99 Å². The monoisotopic (exact) mass is 325 g/mol. The number of nitrogens with one attached hydrogen (secondary N) is 2. The Morgan fingerprint density at radius 1 is 1.09 bits per heavy atom. The Morgan fingerprint density at radius 2 is 1.87 bits per heavy atom. The second-order valence-electron chi connectivity index (χ2n) is 7.28. The van der Waals surface area contributed by atoms with Gasteiger partial charge < -0.3 is 20.4 Å². The fourth-order valence-corrected chi connectivity index (χ4v) is 2.84. The van der Waals surface area contributed by atoms with Crippen molar-refractivity contribution in [3.05, 3.63) is 0 Å². The Hall–Kier alpha value is -0.810. The summed E-state index contributed by atoms with van der Waals surface area (Å²) in [4.78, 5) is 9.73. The molecular formula is C18H39N5. The number of nitrogens with zero attached hydrogens (tertiary/aromatic N) is 3. The molecule has 0 radical (unpaired) electrons. The van der Waals surface area contributed by atoms with E-state index in [0.717, 1.165) is 31.5 Å². The minimum atomic E-state index is 0.474. The van der Waals surface area contributed by atoms with Crippen molar-refractivity contribution in [3.8, 4) is 0 Å². The number of aliphatic imine (C=N–C) groups is 1. The second-order valence-corrected chi connectivity index (χ2v) is 7.28. The highest BCUT2D eigenvalue weighted by molar-refractivity contribution is 5.80. The van der Waals surface area contributed by atoms with E-state index >= 15 is 0 Å². The maximum Gasteiger partial charge on any atom is 0.191 e. The van der Waals surface area contributed by atoms with Crippen LogP contribution < -0.4 is 10.6 Å². The van der Waals surface area contributed by atoms with Crippen LogP contribution in [0.4, 0.5) is 0 Å². The van der Waals surface area contributed by atoms with Gasteiger partial charge in [-0.25, -0.2) is 0 Å². The van der Waals surface area contributed by atoms with Gasteiger partial charge in [-0.3, -0.25) is 4.99 Å². The van der Waals surface area contributed by atoms with Gasteiger partial charge in [0.15, 0.2) is 5.96 Å². The normalized spacial score (nSPS) is 19.7. The first kappa shape index (κ1) is 20.2. The van der Waals surface area contributed by atoms with Crippen molar-refractivity contribution < 1.29 is 0 Å². The molecule has 5 heteroatoms. The molecule has 0 spiro atoms. The first-order chi connectivity index (χ1) is 11.0. The van der Waals surface area contributed by atoms with Crippen molar-refractivity contribution in [3.63, 3.8) is 0 Å². The second kappa shape index (κ2) is 11.7. The molecule has 1 heterocycles. The SMILES string of the molecule is CCNC(=NCCN1CCCN(C)CC1)NC(C)CCC(C)C. The van der Waals surface area contributed by atoms with Crippen molar-refractivity contribution in [1.29, 1.82) is 0 Å². The van der Waals surface area contributed by atoms with E-state index in [-0.39, 0.29) is 0 Å². The molecule has 1 rings (SSSR count). The van der Waals surface area contributed by atoms with Crippen molar-refractivity contribution >= 4 is 5.96 Å². The number of likely N-dealkylation sites (N-methyl/N-ethyl adjacent to an activating group) is 1. The molecule has 0 bridgehead atoms. The lowest BCUT2D eigenvalue weighted by atomic mass is 10.0. The molecule has 1 saturated heterocycles. The fraction of sp³-hybridized carbons (Fsp3) is 0.944. The Bertz CT molecular complexity index is 329. The molecule has 136 valence electrons. The average Bonchev–Trinajstić information content (AvgIpc) is 2.70. The summed E-state index contributed by atoms with van der Waals surface area (Å²) in [7, 11) is 2.22. The van der Waals surface area contributed by atoms with Gasteiger partial charge in [0.2, 0.25) is 0 Å². The van der Waals surface area contributed by atoms with Crippen LogP contribution in [0.2, 0.25) is 0 Å². The quantitative estimate of drug-likeness (QED) is 0.529. The van der Waals surface area contributed by atoms with Gasteiger partial charge in [0.05, 0.1) is 6.54 Å². The summed E-state index contributed by atoms with van der Waals surface area (Å²) in [5.74, 6) is 1.73. The topological polar surface area (TPSA) is 42.9 Å². The van der Waals surface area contributed by atoms with Gasteiger partial charge in [0, 0.05) is 32.2 Å². The highest BCUT2D eigenvalue weighted by Crippen LogP contribution is 2.06. The third-order valence-corrected chi connectivity index (χ3v) is 4.40. The standard InChI is InChI=1S/C18H39N5/c1-6-19-18(21-17(4)9-8-16(2)3)20-10-13-23-12-7-11-22(5)14-15-23/h16-17H,6-15H2,1-5H3,(H2,19,20,21). The molecule has 0 aromatic rings. The smallest absolute Gasteiger partial charge is 0.191 e. The van der Waals surface area contributed by atoms with E-state index in [1.807, 2.05) is 0 Å². The van der Waals surface area contributed by atoms with E-state index in [0.29, 0.717) is 6.04 Å². The van der Waals surface area contributed by atoms with Crippen LogP contribution in [0.3, 0.4) is 0 Å². The Morgan fingerprint density at radius 3 is 2.57 bits per heavy atom. The van der Waals surface area contributed by atoms with Crippen molar-refractivity contribution in [2.45, 2.75) is 53.0 Å². The van der Waals surface area contributed by atoms with Crippen molar-refractivity contribution in [2.75, 3.05) is 52.9 Å². The zero-order valence-electron chi connectivity index (χ0n) is 16.1. The zero-order valence-corrected chi connectivity index (χ0v) is 16.1. The van der Waals surface area contributed by atoms with Gasteiger partial charge in [-0.2, -0.15) is 0 Å². The maximum atomic E-state index is 4.76. The van der Waals surface area contributed by atoms with Crippen LogP contribution in [0, 0.1) is 5.92 Å². The van der Waals surface area contributed by atoms with Crippen LogP contribution >= 0.6 is 0 Å². The summed E-state index contributed by atoms with van der Waals surface area (Å²) >= 11 is 0. The Kier molecular flexibility index (Phi) is 10.3. The Balaban J connectivity index is 2.35. The molecule has 0 aliphatic carbocycles. The lowest BCUT2D eigenvalue weighted by Gasteiger charge is -2.21. The van der Waals surface area contributed by atoms with E-state index in [1.165, 1.54) is 45.4 Å². The first-order valence-electron chi connectivity index (χ1n) is 9.47. The summed E-state index contributed by atoms with van der Waals surface area (Å²) in [6.45, 7) is 16.6. The molecule has 2 N–H and O–H groups in total. The van der Waals surface area contributed by atoms with E-state index in [2.05, 4.69) is 55.2 Å². The molecule has 5 nitrogen and oxygen atoms in total. The van der Waals surface area contributed by atoms with Crippen molar-refractivity contribution in [1.82, 2.24) is 20.4 Å². The molecular weight excluding hydrogens is 286 g/mol. The molecule has 23 heavy (non-hydrogen) atoms. The van der Waals surface area contributed by atoms with Gasteiger partial charge in [0.25, 0.3) is 0 Å². The number of guanidine groups is 1. The minimum absolute atomic E-state index is 0.474. The van der Waals surface area contributed by atoms with Crippen molar-refractivity contribution in [2.24, 2.45) is 10.9 Å². The van der Waals surface area contributed by atoms with Crippen LogP contribution in [0.1, 0.15) is 47.0 Å². The third-order valence-electron chi connectivity index (χ3n) is 4.40. The van der Waals surface area contributed by atoms with Gasteiger partial charge in [-0.1, -0.05) is 13.8 Å².